The summed E-state index contributed by atoms with van der Waals surface area (Å²) in [5.74, 6) is -2.10. The number of aliphatic hydroxyl groups excluding tert-OH is 1. The molecule has 5 nitrogen and oxygen atoms in total. The number of allylic oxidation sites excluding steroid dienone is 3. The average Bonchev–Trinajstić information content (AvgIpc) is 2.58. The van der Waals surface area contributed by atoms with Gasteiger partial charge in [-0.15, -0.1) is 0 Å². The Bertz CT molecular complexity index is 472. The normalized spacial score (nSPS) is 37.4. The van der Waals surface area contributed by atoms with E-state index in [2.05, 4.69) is 6.08 Å². The van der Waals surface area contributed by atoms with Crippen molar-refractivity contribution < 1.29 is 24.1 Å². The first-order chi connectivity index (χ1) is 10.8. The molecule has 5 heteroatoms. The van der Waals surface area contributed by atoms with Gasteiger partial charge in [0.2, 0.25) is 11.6 Å². The summed E-state index contributed by atoms with van der Waals surface area (Å²) >= 11 is 0. The topological polar surface area (TPSA) is 57.2 Å². The van der Waals surface area contributed by atoms with Gasteiger partial charge in [0.05, 0.1) is 6.61 Å². The molecule has 0 spiro atoms. The summed E-state index contributed by atoms with van der Waals surface area (Å²) < 4.78 is 22.7. The Labute approximate surface area is 139 Å². The average molecular weight is 326 g/mol. The number of methoxy groups -OCH3 is 2. The highest BCUT2D eigenvalue weighted by Gasteiger charge is 2.54. The van der Waals surface area contributed by atoms with Gasteiger partial charge in [-0.05, 0) is 57.6 Å². The van der Waals surface area contributed by atoms with Gasteiger partial charge in [0.25, 0.3) is 0 Å². The molecule has 132 valence electrons. The van der Waals surface area contributed by atoms with E-state index in [9.17, 15) is 5.11 Å². The van der Waals surface area contributed by atoms with Crippen LogP contribution >= 0.6 is 0 Å². The Balaban J connectivity index is 2.08. The molecular formula is C18H30O5. The minimum atomic E-state index is -1.09. The second kappa shape index (κ2) is 7.45. The highest BCUT2D eigenvalue weighted by Crippen LogP contribution is 2.37. The lowest BCUT2D eigenvalue weighted by atomic mass is 9.93. The minimum Gasteiger partial charge on any atom is -0.386 e. The van der Waals surface area contributed by atoms with Crippen LogP contribution in [-0.2, 0) is 18.9 Å². The maximum Gasteiger partial charge on any atom is 0.220 e. The van der Waals surface area contributed by atoms with Crippen molar-refractivity contribution in [1.82, 2.24) is 0 Å². The first kappa shape index (κ1) is 18.6. The van der Waals surface area contributed by atoms with Gasteiger partial charge in [-0.25, -0.2) is 0 Å². The fourth-order valence-electron chi connectivity index (χ4n) is 3.12. The van der Waals surface area contributed by atoms with E-state index in [-0.39, 0.29) is 6.61 Å². The van der Waals surface area contributed by atoms with Gasteiger partial charge in [-0.2, -0.15) is 0 Å². The third kappa shape index (κ3) is 3.86. The first-order valence-corrected chi connectivity index (χ1v) is 8.33. The summed E-state index contributed by atoms with van der Waals surface area (Å²) in [6.07, 6.45) is 7.53. The largest absolute Gasteiger partial charge is 0.386 e. The summed E-state index contributed by atoms with van der Waals surface area (Å²) in [5, 5.41) is 10.5. The van der Waals surface area contributed by atoms with Crippen LogP contribution in [0.5, 0.6) is 0 Å². The van der Waals surface area contributed by atoms with Gasteiger partial charge in [-0.1, -0.05) is 12.2 Å². The Kier molecular flexibility index (Phi) is 6.03. The summed E-state index contributed by atoms with van der Waals surface area (Å²) in [7, 11) is 3.10. The highest BCUT2D eigenvalue weighted by atomic mass is 16.8. The van der Waals surface area contributed by atoms with Crippen molar-refractivity contribution in [2.75, 3.05) is 20.8 Å². The van der Waals surface area contributed by atoms with Gasteiger partial charge in [0.1, 0.15) is 12.2 Å². The van der Waals surface area contributed by atoms with E-state index in [1.807, 2.05) is 13.0 Å². The second-order valence-electron chi connectivity index (χ2n) is 6.58. The molecule has 0 unspecified atom stereocenters. The van der Waals surface area contributed by atoms with Gasteiger partial charge >= 0.3 is 0 Å². The molecule has 1 heterocycles. The van der Waals surface area contributed by atoms with E-state index in [1.165, 1.54) is 18.4 Å². The van der Waals surface area contributed by atoms with Gasteiger partial charge in [-0.3, -0.25) is 0 Å². The van der Waals surface area contributed by atoms with Crippen LogP contribution in [0.1, 0.15) is 46.5 Å². The lowest BCUT2D eigenvalue weighted by molar-refractivity contribution is -0.435. The van der Waals surface area contributed by atoms with Crippen molar-refractivity contribution >= 4 is 0 Å². The van der Waals surface area contributed by atoms with Crippen molar-refractivity contribution in [3.8, 4) is 0 Å². The van der Waals surface area contributed by atoms with Crippen LogP contribution in [0, 0.1) is 0 Å². The standard InChI is InChI=1S/C18H30O5/c1-13(14-9-7-6-8-10-14)11-15(19)16-12-22-17(2,20-4)18(3,21-5)23-16/h9,11,15-16,19H,6-8,10,12H2,1-5H3/b13-11+/t15-,16-,17+,18+/m0/s1. The molecule has 0 bridgehead atoms. The molecule has 1 fully saturated rings. The molecule has 23 heavy (non-hydrogen) atoms. The fourth-order valence-corrected chi connectivity index (χ4v) is 3.12. The molecular weight excluding hydrogens is 296 g/mol. The number of rotatable bonds is 5. The summed E-state index contributed by atoms with van der Waals surface area (Å²) in [6.45, 7) is 5.81. The van der Waals surface area contributed by atoms with Crippen molar-refractivity contribution in [3.05, 3.63) is 23.3 Å². The SMILES string of the molecule is CO[C@]1(C)OC[C@@H]([C@@H](O)/C=C(\C)C2=CCCCC2)O[C@@]1(C)OC. The van der Waals surface area contributed by atoms with E-state index < -0.39 is 23.8 Å². The maximum atomic E-state index is 10.5. The third-order valence-electron chi connectivity index (χ3n) is 5.10. The molecule has 1 aliphatic carbocycles. The van der Waals surface area contributed by atoms with Crippen LogP contribution in [0.3, 0.4) is 0 Å². The molecule has 2 aliphatic rings. The van der Waals surface area contributed by atoms with E-state index in [0.717, 1.165) is 18.4 Å². The molecule has 1 saturated heterocycles. The zero-order valence-corrected chi connectivity index (χ0v) is 14.9. The van der Waals surface area contributed by atoms with Gasteiger partial charge in [0.15, 0.2) is 0 Å². The van der Waals surface area contributed by atoms with Gasteiger partial charge in [0, 0.05) is 14.2 Å². The van der Waals surface area contributed by atoms with Crippen LogP contribution in [0.15, 0.2) is 23.3 Å². The Morgan fingerprint density at radius 1 is 1.30 bits per heavy atom. The first-order valence-electron chi connectivity index (χ1n) is 8.33. The number of hydrogen-bond acceptors (Lipinski definition) is 5. The molecule has 2 rings (SSSR count). The molecule has 1 aliphatic heterocycles. The second-order valence-corrected chi connectivity index (χ2v) is 6.58. The number of aliphatic hydroxyl groups is 1. The summed E-state index contributed by atoms with van der Waals surface area (Å²) in [6, 6.07) is 0. The zero-order chi connectivity index (χ0) is 17.1. The molecule has 4 atom stereocenters. The van der Waals surface area contributed by atoms with E-state index in [1.54, 1.807) is 28.1 Å². The molecule has 0 saturated carbocycles. The molecule has 0 aromatic heterocycles. The quantitative estimate of drug-likeness (QED) is 0.842. The lowest BCUT2D eigenvalue weighted by Crippen LogP contribution is -2.63. The summed E-state index contributed by atoms with van der Waals surface area (Å²) in [4.78, 5) is 0. The van der Waals surface area contributed by atoms with Crippen molar-refractivity contribution in [3.63, 3.8) is 0 Å². The van der Waals surface area contributed by atoms with Crippen molar-refractivity contribution in [1.29, 1.82) is 0 Å². The minimum absolute atomic E-state index is 0.243. The molecule has 0 aromatic carbocycles. The smallest absolute Gasteiger partial charge is 0.220 e. The predicted octanol–water partition coefficient (Wildman–Crippen LogP) is 2.93. The fraction of sp³-hybridized carbons (Fsp3) is 0.778. The predicted molar refractivity (Wildman–Crippen MR) is 88.0 cm³/mol. The number of ether oxygens (including phenoxy) is 4. The number of hydrogen-bond donors (Lipinski definition) is 1. The zero-order valence-electron chi connectivity index (χ0n) is 14.9. The summed E-state index contributed by atoms with van der Waals surface area (Å²) in [5.41, 5.74) is 2.43. The van der Waals surface area contributed by atoms with E-state index >= 15 is 0 Å². The van der Waals surface area contributed by atoms with Crippen molar-refractivity contribution in [2.45, 2.75) is 70.2 Å². The monoisotopic (exact) mass is 326 g/mol. The van der Waals surface area contributed by atoms with E-state index in [4.69, 9.17) is 18.9 Å². The van der Waals surface area contributed by atoms with E-state index in [0.29, 0.717) is 0 Å². The molecule has 0 aromatic rings. The van der Waals surface area contributed by atoms with Crippen LogP contribution in [0.25, 0.3) is 0 Å². The Morgan fingerprint density at radius 3 is 2.57 bits per heavy atom. The van der Waals surface area contributed by atoms with Crippen LogP contribution in [0.2, 0.25) is 0 Å². The Morgan fingerprint density at radius 2 is 2.00 bits per heavy atom. The van der Waals surface area contributed by atoms with Crippen LogP contribution < -0.4 is 0 Å². The lowest BCUT2D eigenvalue weighted by Gasteiger charge is -2.49. The maximum absolute atomic E-state index is 10.5. The van der Waals surface area contributed by atoms with Crippen LogP contribution in [-0.4, -0.2) is 49.7 Å². The molecule has 0 amide bonds. The molecule has 1 N–H and O–H groups in total. The van der Waals surface area contributed by atoms with Crippen LogP contribution in [0.4, 0.5) is 0 Å². The van der Waals surface area contributed by atoms with Crippen molar-refractivity contribution in [2.24, 2.45) is 0 Å². The molecule has 0 radical (unpaired) electrons. The Hall–Kier alpha value is -0.720. The van der Waals surface area contributed by atoms with Gasteiger partial charge < -0.3 is 24.1 Å². The highest BCUT2D eigenvalue weighted by molar-refractivity contribution is 5.31. The third-order valence-corrected chi connectivity index (χ3v) is 5.10.